The molecule has 0 aliphatic heterocycles. The zero-order valence-electron chi connectivity index (χ0n) is 11.8. The zero-order valence-corrected chi connectivity index (χ0v) is 11.8. The van der Waals surface area contributed by atoms with E-state index in [0.29, 0.717) is 13.0 Å². The van der Waals surface area contributed by atoms with Gasteiger partial charge in [-0.1, -0.05) is 6.92 Å². The first-order valence-corrected chi connectivity index (χ1v) is 6.30. The summed E-state index contributed by atoms with van der Waals surface area (Å²) in [5, 5.41) is 0. The molecule has 106 valence electrons. The van der Waals surface area contributed by atoms with Crippen LogP contribution in [0.2, 0.25) is 0 Å². The number of ether oxygens (including phenoxy) is 3. The first kappa shape index (κ1) is 16.9. The Morgan fingerprint density at radius 2 is 1.61 bits per heavy atom. The van der Waals surface area contributed by atoms with E-state index in [-0.39, 0.29) is 31.6 Å². The smallest absolute Gasteiger partial charge is 0.308 e. The Hall–Kier alpha value is -1.10. The molecule has 0 radical (unpaired) electrons. The molecule has 0 aromatic heterocycles. The van der Waals surface area contributed by atoms with Crippen LogP contribution in [0, 0.1) is 0 Å². The molecule has 5 heteroatoms. The molecule has 0 aromatic rings. The van der Waals surface area contributed by atoms with E-state index >= 15 is 0 Å². The Labute approximate surface area is 109 Å². The van der Waals surface area contributed by atoms with Gasteiger partial charge in [-0.2, -0.15) is 0 Å². The van der Waals surface area contributed by atoms with E-state index in [4.69, 9.17) is 14.2 Å². The van der Waals surface area contributed by atoms with Crippen LogP contribution in [0.4, 0.5) is 0 Å². The molecule has 0 rings (SSSR count). The van der Waals surface area contributed by atoms with Crippen molar-refractivity contribution in [2.24, 2.45) is 0 Å². The van der Waals surface area contributed by atoms with Crippen molar-refractivity contribution < 1.29 is 23.8 Å². The van der Waals surface area contributed by atoms with Crippen molar-refractivity contribution in [3.63, 3.8) is 0 Å². The summed E-state index contributed by atoms with van der Waals surface area (Å²) in [6, 6.07) is 0. The van der Waals surface area contributed by atoms with Crippen LogP contribution in [-0.2, 0) is 23.8 Å². The highest BCUT2D eigenvalue weighted by Crippen LogP contribution is 2.07. The Bertz CT molecular complexity index is 255. The molecule has 18 heavy (non-hydrogen) atoms. The number of hydrogen-bond acceptors (Lipinski definition) is 5. The van der Waals surface area contributed by atoms with Gasteiger partial charge in [-0.05, 0) is 27.2 Å². The van der Waals surface area contributed by atoms with Crippen molar-refractivity contribution in [3.8, 4) is 0 Å². The van der Waals surface area contributed by atoms with Crippen LogP contribution in [-0.4, -0.2) is 37.4 Å². The van der Waals surface area contributed by atoms with Crippen molar-refractivity contribution in [3.05, 3.63) is 0 Å². The summed E-state index contributed by atoms with van der Waals surface area (Å²) in [5.74, 6) is -0.501. The number of rotatable bonds is 8. The van der Waals surface area contributed by atoms with E-state index < -0.39 is 5.60 Å². The van der Waals surface area contributed by atoms with Crippen LogP contribution in [0.25, 0.3) is 0 Å². The van der Waals surface area contributed by atoms with Gasteiger partial charge in [0, 0.05) is 6.42 Å². The lowest BCUT2D eigenvalue weighted by Crippen LogP contribution is -2.24. The summed E-state index contributed by atoms with van der Waals surface area (Å²) in [6.07, 6.45) is 1.41. The summed E-state index contributed by atoms with van der Waals surface area (Å²) < 4.78 is 15.2. The SMILES string of the molecule is CCCC(=O)OCCOCCC(=O)OC(C)(C)C. The number of esters is 2. The highest BCUT2D eigenvalue weighted by molar-refractivity contribution is 5.70. The molecule has 0 fully saturated rings. The fourth-order valence-electron chi connectivity index (χ4n) is 1.14. The van der Waals surface area contributed by atoms with Gasteiger partial charge in [-0.25, -0.2) is 0 Å². The fraction of sp³-hybridized carbons (Fsp3) is 0.846. The third kappa shape index (κ3) is 11.4. The van der Waals surface area contributed by atoms with Crippen LogP contribution >= 0.6 is 0 Å². The molecule has 0 spiro atoms. The maximum Gasteiger partial charge on any atom is 0.308 e. The Morgan fingerprint density at radius 1 is 0.944 bits per heavy atom. The quantitative estimate of drug-likeness (QED) is 0.494. The van der Waals surface area contributed by atoms with Crippen molar-refractivity contribution in [1.82, 2.24) is 0 Å². The highest BCUT2D eigenvalue weighted by Gasteiger charge is 2.15. The van der Waals surface area contributed by atoms with E-state index in [1.165, 1.54) is 0 Å². The maximum absolute atomic E-state index is 11.3. The van der Waals surface area contributed by atoms with Crippen molar-refractivity contribution in [2.75, 3.05) is 19.8 Å². The van der Waals surface area contributed by atoms with Gasteiger partial charge in [0.25, 0.3) is 0 Å². The van der Waals surface area contributed by atoms with Crippen molar-refractivity contribution in [2.45, 2.75) is 52.6 Å². The molecule has 0 heterocycles. The largest absolute Gasteiger partial charge is 0.463 e. The van der Waals surface area contributed by atoms with E-state index in [1.807, 2.05) is 27.7 Å². The Kier molecular flexibility index (Phi) is 8.37. The van der Waals surface area contributed by atoms with Gasteiger partial charge in [-0.3, -0.25) is 9.59 Å². The molecule has 0 atom stereocenters. The molecular formula is C13H24O5. The van der Waals surface area contributed by atoms with E-state index in [9.17, 15) is 9.59 Å². The van der Waals surface area contributed by atoms with Crippen LogP contribution < -0.4 is 0 Å². The topological polar surface area (TPSA) is 61.8 Å². The molecule has 0 aromatic carbocycles. The molecule has 0 aliphatic carbocycles. The first-order valence-electron chi connectivity index (χ1n) is 6.30. The van der Waals surface area contributed by atoms with Crippen molar-refractivity contribution >= 4 is 11.9 Å². The highest BCUT2D eigenvalue weighted by atomic mass is 16.6. The van der Waals surface area contributed by atoms with Gasteiger partial charge in [0.1, 0.15) is 12.2 Å². The summed E-state index contributed by atoms with van der Waals surface area (Å²) in [7, 11) is 0. The van der Waals surface area contributed by atoms with Gasteiger partial charge < -0.3 is 14.2 Å². The lowest BCUT2D eigenvalue weighted by Gasteiger charge is -2.19. The molecule has 0 aliphatic rings. The molecule has 5 nitrogen and oxygen atoms in total. The second-order valence-corrected chi connectivity index (χ2v) is 4.92. The Balaban J connectivity index is 3.41. The van der Waals surface area contributed by atoms with Gasteiger partial charge in [0.05, 0.1) is 19.6 Å². The number of carbonyl (C=O) groups excluding carboxylic acids is 2. The third-order valence-electron chi connectivity index (χ3n) is 1.82. The lowest BCUT2D eigenvalue weighted by atomic mass is 10.2. The second-order valence-electron chi connectivity index (χ2n) is 4.92. The number of hydrogen-bond donors (Lipinski definition) is 0. The van der Waals surface area contributed by atoms with Gasteiger partial charge in [-0.15, -0.1) is 0 Å². The predicted octanol–water partition coefficient (Wildman–Crippen LogP) is 2.08. The predicted molar refractivity (Wildman–Crippen MR) is 67.1 cm³/mol. The fourth-order valence-corrected chi connectivity index (χ4v) is 1.14. The average molecular weight is 260 g/mol. The molecule has 0 unspecified atom stereocenters. The summed E-state index contributed by atoms with van der Waals surface area (Å²) in [4.78, 5) is 22.3. The summed E-state index contributed by atoms with van der Waals surface area (Å²) in [6.45, 7) is 8.18. The van der Waals surface area contributed by atoms with Crippen LogP contribution in [0.1, 0.15) is 47.0 Å². The van der Waals surface area contributed by atoms with Gasteiger partial charge >= 0.3 is 11.9 Å². The molecule has 0 saturated carbocycles. The first-order chi connectivity index (χ1) is 8.35. The molecule has 0 saturated heterocycles. The number of carbonyl (C=O) groups is 2. The minimum Gasteiger partial charge on any atom is -0.463 e. The van der Waals surface area contributed by atoms with E-state index in [0.717, 1.165) is 6.42 Å². The minimum atomic E-state index is -0.466. The second kappa shape index (κ2) is 8.91. The minimum absolute atomic E-state index is 0.209. The van der Waals surface area contributed by atoms with Crippen molar-refractivity contribution in [1.29, 1.82) is 0 Å². The van der Waals surface area contributed by atoms with E-state index in [2.05, 4.69) is 0 Å². The van der Waals surface area contributed by atoms with Crippen LogP contribution in [0.5, 0.6) is 0 Å². The maximum atomic E-state index is 11.3. The molecule has 0 N–H and O–H groups in total. The lowest BCUT2D eigenvalue weighted by molar-refractivity contribution is -0.156. The molecule has 0 amide bonds. The summed E-state index contributed by atoms with van der Waals surface area (Å²) >= 11 is 0. The van der Waals surface area contributed by atoms with Gasteiger partial charge in [0.15, 0.2) is 0 Å². The molecular weight excluding hydrogens is 236 g/mol. The third-order valence-corrected chi connectivity index (χ3v) is 1.82. The monoisotopic (exact) mass is 260 g/mol. The normalized spacial score (nSPS) is 11.1. The molecule has 0 bridgehead atoms. The zero-order chi connectivity index (χ0) is 14.0. The Morgan fingerprint density at radius 3 is 2.17 bits per heavy atom. The van der Waals surface area contributed by atoms with Gasteiger partial charge in [0.2, 0.25) is 0 Å². The summed E-state index contributed by atoms with van der Waals surface area (Å²) in [5.41, 5.74) is -0.466. The van der Waals surface area contributed by atoms with Crippen LogP contribution in [0.15, 0.2) is 0 Å². The average Bonchev–Trinajstić information content (AvgIpc) is 2.21. The van der Waals surface area contributed by atoms with E-state index in [1.54, 1.807) is 0 Å². The standard InChI is InChI=1S/C13H24O5/c1-5-6-11(14)17-10-9-16-8-7-12(15)18-13(2,3)4/h5-10H2,1-4H3. The van der Waals surface area contributed by atoms with Crippen LogP contribution in [0.3, 0.4) is 0 Å².